The first-order chi connectivity index (χ1) is 7.84. The minimum Gasteiger partial charge on any atom is -0.342 e. The van der Waals surface area contributed by atoms with Crippen molar-refractivity contribution in [2.24, 2.45) is 5.73 Å². The van der Waals surface area contributed by atoms with Crippen LogP contribution in [0.3, 0.4) is 0 Å². The maximum atomic E-state index is 12.0. The average molecular weight is 262 g/mol. The predicted molar refractivity (Wildman–Crippen MR) is 67.3 cm³/mol. The summed E-state index contributed by atoms with van der Waals surface area (Å²) in [6.07, 6.45) is 2.34. The predicted octanol–water partition coefficient (Wildman–Crippen LogP) is 0.149. The zero-order chi connectivity index (χ0) is 13.1. The van der Waals surface area contributed by atoms with Crippen LogP contribution in [-0.2, 0) is 14.6 Å². The Morgan fingerprint density at radius 2 is 1.82 bits per heavy atom. The highest BCUT2D eigenvalue weighted by Gasteiger charge is 2.32. The molecule has 2 N–H and O–H groups in total. The number of likely N-dealkylation sites (tertiary alicyclic amines) is 1. The zero-order valence-electron chi connectivity index (χ0n) is 10.6. The fourth-order valence-electron chi connectivity index (χ4n) is 1.88. The molecule has 0 aromatic rings. The standard InChI is InChI=1S/C11H22N2O3S/c1-9(12)5-8-17(15,16)10(2)11(14)13-6-3-4-7-13/h9-10H,3-8,12H2,1-2H3. The summed E-state index contributed by atoms with van der Waals surface area (Å²) in [7, 11) is -3.36. The van der Waals surface area contributed by atoms with Gasteiger partial charge in [0.2, 0.25) is 5.91 Å². The Morgan fingerprint density at radius 1 is 1.29 bits per heavy atom. The number of amides is 1. The molecule has 1 rings (SSSR count). The van der Waals surface area contributed by atoms with Gasteiger partial charge >= 0.3 is 0 Å². The van der Waals surface area contributed by atoms with E-state index in [0.717, 1.165) is 12.8 Å². The van der Waals surface area contributed by atoms with E-state index in [4.69, 9.17) is 5.73 Å². The van der Waals surface area contributed by atoms with Crippen LogP contribution in [0, 0.1) is 0 Å². The van der Waals surface area contributed by atoms with E-state index in [1.807, 2.05) is 0 Å². The highest BCUT2D eigenvalue weighted by atomic mass is 32.2. The molecule has 0 aromatic carbocycles. The molecule has 6 heteroatoms. The Bertz CT molecular complexity index is 359. The van der Waals surface area contributed by atoms with Gasteiger partial charge in [0.25, 0.3) is 0 Å². The quantitative estimate of drug-likeness (QED) is 0.764. The summed E-state index contributed by atoms with van der Waals surface area (Å²) in [5.74, 6) is -0.266. The minimum absolute atomic E-state index is 0.00852. The Hall–Kier alpha value is -0.620. The van der Waals surface area contributed by atoms with E-state index >= 15 is 0 Å². The molecule has 17 heavy (non-hydrogen) atoms. The van der Waals surface area contributed by atoms with E-state index in [0.29, 0.717) is 19.5 Å². The van der Waals surface area contributed by atoms with Gasteiger partial charge in [-0.05, 0) is 33.1 Å². The third kappa shape index (κ3) is 3.96. The second-order valence-corrected chi connectivity index (χ2v) is 7.25. The van der Waals surface area contributed by atoms with Crippen molar-refractivity contribution in [3.05, 3.63) is 0 Å². The third-order valence-corrected chi connectivity index (χ3v) is 5.25. The molecule has 0 aliphatic carbocycles. The summed E-state index contributed by atoms with van der Waals surface area (Å²) in [6.45, 7) is 4.62. The molecule has 2 unspecified atom stereocenters. The van der Waals surface area contributed by atoms with Gasteiger partial charge in [0.1, 0.15) is 5.25 Å². The first-order valence-electron chi connectivity index (χ1n) is 6.10. The number of rotatable bonds is 5. The largest absolute Gasteiger partial charge is 0.342 e. The lowest BCUT2D eigenvalue weighted by Crippen LogP contribution is -2.41. The van der Waals surface area contributed by atoms with Crippen LogP contribution in [0.25, 0.3) is 0 Å². The topological polar surface area (TPSA) is 80.5 Å². The van der Waals surface area contributed by atoms with Crippen molar-refractivity contribution >= 4 is 15.7 Å². The lowest BCUT2D eigenvalue weighted by Gasteiger charge is -2.20. The van der Waals surface area contributed by atoms with Crippen LogP contribution >= 0.6 is 0 Å². The molecule has 1 saturated heterocycles. The van der Waals surface area contributed by atoms with Gasteiger partial charge in [-0.2, -0.15) is 0 Å². The lowest BCUT2D eigenvalue weighted by molar-refractivity contribution is -0.129. The Balaban J connectivity index is 2.60. The van der Waals surface area contributed by atoms with Crippen molar-refractivity contribution in [2.75, 3.05) is 18.8 Å². The first kappa shape index (κ1) is 14.4. The molecule has 2 atom stereocenters. The van der Waals surface area contributed by atoms with Crippen molar-refractivity contribution in [3.8, 4) is 0 Å². The van der Waals surface area contributed by atoms with Crippen molar-refractivity contribution in [1.82, 2.24) is 4.90 Å². The highest BCUT2D eigenvalue weighted by molar-refractivity contribution is 7.92. The lowest BCUT2D eigenvalue weighted by atomic mass is 10.3. The first-order valence-corrected chi connectivity index (χ1v) is 7.82. The SMILES string of the molecule is CC(N)CCS(=O)(=O)C(C)C(=O)N1CCCC1. The minimum atomic E-state index is -3.36. The molecule has 1 aliphatic heterocycles. The van der Waals surface area contributed by atoms with Gasteiger partial charge in [-0.1, -0.05) is 0 Å². The van der Waals surface area contributed by atoms with Crippen molar-refractivity contribution in [1.29, 1.82) is 0 Å². The number of nitrogens with zero attached hydrogens (tertiary/aromatic N) is 1. The van der Waals surface area contributed by atoms with E-state index in [9.17, 15) is 13.2 Å². The zero-order valence-corrected chi connectivity index (χ0v) is 11.4. The van der Waals surface area contributed by atoms with Gasteiger partial charge in [0, 0.05) is 19.1 Å². The average Bonchev–Trinajstić information content (AvgIpc) is 2.78. The molecule has 100 valence electrons. The van der Waals surface area contributed by atoms with E-state index in [2.05, 4.69) is 0 Å². The summed E-state index contributed by atoms with van der Waals surface area (Å²) in [5, 5.41) is -0.931. The second-order valence-electron chi connectivity index (χ2n) is 4.81. The van der Waals surface area contributed by atoms with Gasteiger partial charge in [-0.3, -0.25) is 4.79 Å². The molecule has 0 radical (unpaired) electrons. The van der Waals surface area contributed by atoms with Crippen molar-refractivity contribution in [2.45, 2.75) is 44.4 Å². The van der Waals surface area contributed by atoms with Crippen molar-refractivity contribution < 1.29 is 13.2 Å². The number of sulfone groups is 1. The molecule has 0 saturated carbocycles. The summed E-state index contributed by atoms with van der Waals surface area (Å²) in [5.41, 5.74) is 5.54. The third-order valence-electron chi connectivity index (χ3n) is 3.16. The highest BCUT2D eigenvalue weighted by Crippen LogP contribution is 2.14. The number of nitrogens with two attached hydrogens (primary N) is 1. The molecule has 0 aromatic heterocycles. The summed E-state index contributed by atoms with van der Waals surface area (Å²) in [6, 6.07) is -0.154. The number of hydrogen-bond acceptors (Lipinski definition) is 4. The molecule has 0 spiro atoms. The monoisotopic (exact) mass is 262 g/mol. The van der Waals surface area contributed by atoms with Gasteiger partial charge in [-0.25, -0.2) is 8.42 Å². The number of carbonyl (C=O) groups is 1. The van der Waals surface area contributed by atoms with E-state index in [1.165, 1.54) is 6.92 Å². The fraction of sp³-hybridized carbons (Fsp3) is 0.909. The smallest absolute Gasteiger partial charge is 0.240 e. The summed E-state index contributed by atoms with van der Waals surface area (Å²) >= 11 is 0. The van der Waals surface area contributed by atoms with Crippen LogP contribution in [0.2, 0.25) is 0 Å². The van der Waals surface area contributed by atoms with E-state index < -0.39 is 15.1 Å². The molecular weight excluding hydrogens is 240 g/mol. The van der Waals surface area contributed by atoms with Crippen LogP contribution in [0.1, 0.15) is 33.1 Å². The summed E-state index contributed by atoms with van der Waals surface area (Å²) < 4.78 is 23.9. The van der Waals surface area contributed by atoms with Crippen LogP contribution < -0.4 is 5.73 Å². The van der Waals surface area contributed by atoms with Crippen LogP contribution in [0.15, 0.2) is 0 Å². The van der Waals surface area contributed by atoms with Crippen LogP contribution in [0.5, 0.6) is 0 Å². The normalized spacial score (nSPS) is 20.3. The van der Waals surface area contributed by atoms with Gasteiger partial charge < -0.3 is 10.6 Å². The number of hydrogen-bond donors (Lipinski definition) is 1. The molecule has 5 nitrogen and oxygen atoms in total. The molecular formula is C11H22N2O3S. The van der Waals surface area contributed by atoms with E-state index in [1.54, 1.807) is 11.8 Å². The Morgan fingerprint density at radius 3 is 2.29 bits per heavy atom. The van der Waals surface area contributed by atoms with Gasteiger partial charge in [0.05, 0.1) is 5.75 Å². The van der Waals surface area contributed by atoms with Gasteiger partial charge in [-0.15, -0.1) is 0 Å². The molecule has 1 fully saturated rings. The summed E-state index contributed by atoms with van der Waals surface area (Å²) in [4.78, 5) is 13.6. The molecule has 1 amide bonds. The second kappa shape index (κ2) is 5.82. The fourth-order valence-corrected chi connectivity index (χ4v) is 3.39. The molecule has 1 heterocycles. The van der Waals surface area contributed by atoms with Gasteiger partial charge in [0.15, 0.2) is 9.84 Å². The molecule has 1 aliphatic rings. The maximum Gasteiger partial charge on any atom is 0.240 e. The van der Waals surface area contributed by atoms with E-state index in [-0.39, 0.29) is 17.7 Å². The van der Waals surface area contributed by atoms with Crippen LogP contribution in [-0.4, -0.2) is 49.4 Å². The Labute approximate surface area is 103 Å². The van der Waals surface area contributed by atoms with Crippen LogP contribution in [0.4, 0.5) is 0 Å². The van der Waals surface area contributed by atoms with Crippen molar-refractivity contribution in [3.63, 3.8) is 0 Å². The maximum absolute atomic E-state index is 12.0. The Kier molecular flexibility index (Phi) is 4.94. The molecule has 0 bridgehead atoms. The number of carbonyl (C=O) groups excluding carboxylic acids is 1.